The summed E-state index contributed by atoms with van der Waals surface area (Å²) >= 11 is 12.7. The Morgan fingerprint density at radius 1 is 0.455 bits per heavy atom. The highest BCUT2D eigenvalue weighted by Gasteiger charge is 2.31. The fourth-order valence-electron chi connectivity index (χ4n) is 12.6. The van der Waals surface area contributed by atoms with Crippen molar-refractivity contribution in [3.63, 3.8) is 0 Å². The van der Waals surface area contributed by atoms with Gasteiger partial charge in [0.25, 0.3) is 23.6 Å². The molecule has 4 amide bonds. The lowest BCUT2D eigenvalue weighted by atomic mass is 9.91. The quantitative estimate of drug-likeness (QED) is 0.0464. The van der Waals surface area contributed by atoms with Crippen LogP contribution in [0.2, 0.25) is 10.0 Å². The third-order valence-electron chi connectivity index (χ3n) is 18.5. The van der Waals surface area contributed by atoms with Gasteiger partial charge in [0.2, 0.25) is 33.8 Å². The van der Waals surface area contributed by atoms with Crippen LogP contribution in [0.25, 0.3) is 63.0 Å². The van der Waals surface area contributed by atoms with Gasteiger partial charge in [-0.05, 0) is 201 Å². The second-order valence-electron chi connectivity index (χ2n) is 27.4. The molecule has 10 aromatic heterocycles. The molecule has 0 spiro atoms. The zero-order chi connectivity index (χ0) is 85.1. The number of hydrogen-bond acceptors (Lipinski definition) is 27. The van der Waals surface area contributed by atoms with Crippen LogP contribution in [0.3, 0.4) is 0 Å². The molecule has 16 rings (SSSR count). The van der Waals surface area contributed by atoms with Gasteiger partial charge >= 0.3 is 0 Å². The molecule has 0 unspecified atom stereocenters. The second kappa shape index (κ2) is 39.5. The Bertz CT molecular complexity index is 6150. The number of hydrogen-bond donors (Lipinski definition) is 6. The minimum atomic E-state index is -3.79. The summed E-state index contributed by atoms with van der Waals surface area (Å²) in [6.07, 6.45) is 13.1. The van der Waals surface area contributed by atoms with Crippen molar-refractivity contribution < 1.29 is 37.1 Å². The molecule has 0 radical (unpaired) electrons. The highest BCUT2D eigenvalue weighted by atomic mass is 35.5. The molecule has 0 atom stereocenters. The van der Waals surface area contributed by atoms with Crippen molar-refractivity contribution in [2.45, 2.75) is 84.6 Å². The predicted octanol–water partition coefficient (Wildman–Crippen LogP) is 12.4. The smallest absolute Gasteiger partial charge is 0.261 e. The number of amides is 4. The number of benzene rings is 4. The number of halogens is 3. The van der Waals surface area contributed by atoms with E-state index in [4.69, 9.17) is 23.2 Å². The van der Waals surface area contributed by atoms with Gasteiger partial charge in [0.05, 0.1) is 66.6 Å². The molecule has 12 heterocycles. The number of nitrogens with zero attached hydrogens (tertiary/aromatic N) is 21. The maximum atomic E-state index is 13.1. The van der Waals surface area contributed by atoms with Gasteiger partial charge in [-0.25, -0.2) is 47.4 Å². The molecule has 612 valence electrons. The standard InChI is InChI=1S/C22H23ClN6O.C21H21ClN6O4S.C21H17N7O.C20H16FN7O/c1-14-26-20(19-4-2-3-9-25-19)28-22(27-14)29-21(30)17-6-5-16(13-18(17)23)12-15-7-10-24-11-8-15;1-13-24-19(18-4-2-3-9-23-18)26-21(25-13)27-20(30)16-6-5-15(12-17(16)22)33(31,32)28-10-7-14(29)8-11-28;1-13-23-12-16(18(24-13)15-8-4-3-5-9-15)20(29)28-21-26-14(2)25-19(27-21)17-10-6-7-11-22-17;1-12-16(11-23-28(12)15-8-6-14(21)7-9-15)19(29)27-20-25-13(2)24-18(26-20)17-5-3-4-10-22-17/h2-6,9,13,15,24H,7-8,10-12H2,1H3,(H,26,27,28,29,30);2-6,9,12,14,29H,7-8,10-11H2,1H3,(H,24,25,26,27,30);3-12H,1-2H3,(H,25,26,27,28,29);3-11H,1-2H3,(H,24,25,26,27,29). The highest BCUT2D eigenvalue weighted by Crippen LogP contribution is 2.30. The summed E-state index contributed by atoms with van der Waals surface area (Å²) in [5, 5.41) is 28.3. The first-order chi connectivity index (χ1) is 58.4. The van der Waals surface area contributed by atoms with Gasteiger partial charge in [-0.1, -0.05) is 83.9 Å². The second-order valence-corrected chi connectivity index (χ2v) is 30.1. The van der Waals surface area contributed by atoms with E-state index in [-0.39, 0.29) is 64.1 Å². The van der Waals surface area contributed by atoms with Crippen LogP contribution in [0.4, 0.5) is 28.2 Å². The summed E-state index contributed by atoms with van der Waals surface area (Å²) < 4.78 is 41.8. The fraction of sp³-hybridized carbons (Fsp3) is 0.202. The maximum Gasteiger partial charge on any atom is 0.261 e. The largest absolute Gasteiger partial charge is 0.393 e. The van der Waals surface area contributed by atoms with Gasteiger partial charge < -0.3 is 10.4 Å². The first-order valence-electron chi connectivity index (χ1n) is 37.9. The Hall–Kier alpha value is -14.0. The molecular formula is C84H77Cl2FN26O7S. The number of aliphatic hydroxyl groups is 1. The Labute approximate surface area is 703 Å². The summed E-state index contributed by atoms with van der Waals surface area (Å²) in [5.41, 5.74) is 7.23. The number of carbonyl (C=O) groups excluding carboxylic acids is 4. The topological polar surface area (TPSA) is 436 Å². The van der Waals surface area contributed by atoms with E-state index in [0.29, 0.717) is 133 Å². The third-order valence-corrected chi connectivity index (χ3v) is 21.0. The number of anilines is 4. The maximum absolute atomic E-state index is 13.1. The summed E-state index contributed by atoms with van der Waals surface area (Å²) in [6, 6.07) is 46.5. The number of nitrogens with one attached hydrogen (secondary N) is 5. The minimum Gasteiger partial charge on any atom is -0.393 e. The van der Waals surface area contributed by atoms with Gasteiger partial charge in [0.1, 0.15) is 57.7 Å². The van der Waals surface area contributed by atoms with Crippen LogP contribution < -0.4 is 26.6 Å². The summed E-state index contributed by atoms with van der Waals surface area (Å²) in [5.74, 6) is 2.85. The lowest BCUT2D eigenvalue weighted by Gasteiger charge is -2.28. The van der Waals surface area contributed by atoms with Crippen LogP contribution in [0.1, 0.15) is 107 Å². The lowest BCUT2D eigenvalue weighted by molar-refractivity contribution is 0.101. The number of aliphatic hydroxyl groups excluding tert-OH is 1. The van der Waals surface area contributed by atoms with Crippen molar-refractivity contribution in [3.05, 3.63) is 279 Å². The number of piperidine rings is 2. The molecular weight excluding hydrogens is 1610 g/mol. The van der Waals surface area contributed by atoms with Crippen LogP contribution in [0.15, 0.2) is 206 Å². The normalized spacial score (nSPS) is 12.9. The molecule has 121 heavy (non-hydrogen) atoms. The van der Waals surface area contributed by atoms with Gasteiger partial charge in [-0.15, -0.1) is 0 Å². The van der Waals surface area contributed by atoms with E-state index < -0.39 is 33.8 Å². The molecule has 2 fully saturated rings. The van der Waals surface area contributed by atoms with Gasteiger partial charge in [-0.2, -0.15) is 49.3 Å². The van der Waals surface area contributed by atoms with Crippen molar-refractivity contribution in [3.8, 4) is 63.0 Å². The Kier molecular flexibility index (Phi) is 27.7. The number of rotatable bonds is 18. The van der Waals surface area contributed by atoms with E-state index in [9.17, 15) is 37.1 Å². The van der Waals surface area contributed by atoms with Crippen molar-refractivity contribution in [2.75, 3.05) is 47.4 Å². The first kappa shape index (κ1) is 84.9. The zero-order valence-electron chi connectivity index (χ0n) is 65.9. The molecule has 0 bridgehead atoms. The number of aromatic nitrogens is 20. The average Bonchev–Trinajstić information content (AvgIpc) is 1.55. The van der Waals surface area contributed by atoms with E-state index in [0.717, 1.165) is 43.5 Å². The number of pyridine rings is 4. The lowest BCUT2D eigenvalue weighted by Crippen LogP contribution is -2.40. The molecule has 4 aromatic carbocycles. The Morgan fingerprint density at radius 2 is 0.876 bits per heavy atom. The number of carbonyl (C=O) groups is 4. The van der Waals surface area contributed by atoms with Crippen LogP contribution >= 0.6 is 23.2 Å². The van der Waals surface area contributed by atoms with Crippen LogP contribution in [0.5, 0.6) is 0 Å². The molecule has 2 aliphatic rings. The minimum absolute atomic E-state index is 0.0196. The molecule has 6 N–H and O–H groups in total. The van der Waals surface area contributed by atoms with Gasteiger partial charge in [0, 0.05) is 49.6 Å². The molecule has 0 saturated carbocycles. The third kappa shape index (κ3) is 22.5. The molecule has 14 aromatic rings. The Morgan fingerprint density at radius 3 is 1.31 bits per heavy atom. The van der Waals surface area contributed by atoms with Crippen molar-refractivity contribution in [1.29, 1.82) is 0 Å². The summed E-state index contributed by atoms with van der Waals surface area (Å²) in [7, 11) is -3.79. The van der Waals surface area contributed by atoms with Gasteiger partial charge in [-0.3, -0.25) is 60.4 Å². The monoisotopic (exact) mass is 1680 g/mol. The van der Waals surface area contributed by atoms with Crippen molar-refractivity contribution in [1.82, 2.24) is 109 Å². The Balaban J connectivity index is 0.000000139. The van der Waals surface area contributed by atoms with Crippen molar-refractivity contribution in [2.24, 2.45) is 5.92 Å². The van der Waals surface area contributed by atoms with Crippen LogP contribution in [0, 0.1) is 53.3 Å². The SMILES string of the molecule is Cc1nc(NC(=O)c2ccc(CC3CCNCC3)cc2Cl)nc(-c2ccccn2)n1.Cc1nc(NC(=O)c2ccc(S(=O)(=O)N3CCC(O)CC3)cc2Cl)nc(-c2ccccn2)n1.Cc1nc(NC(=O)c2cnc(C)nc2-c2ccccc2)nc(-c2ccccn2)n1.Cc1nc(NC(=O)c2cnn(-c3ccc(F)cc3)c2C)nc(-c2ccccn2)n1. The summed E-state index contributed by atoms with van der Waals surface area (Å²) in [6.45, 7) is 12.9. The van der Waals surface area contributed by atoms with Gasteiger partial charge in [0.15, 0.2) is 23.3 Å². The molecule has 0 aliphatic carbocycles. The van der Waals surface area contributed by atoms with E-state index in [2.05, 4.69) is 121 Å². The first-order valence-corrected chi connectivity index (χ1v) is 40.1. The van der Waals surface area contributed by atoms with E-state index in [1.807, 2.05) is 72.8 Å². The van der Waals surface area contributed by atoms with E-state index >= 15 is 0 Å². The molecule has 2 saturated heterocycles. The molecule has 2 aliphatic heterocycles. The molecule has 37 heteroatoms. The van der Waals surface area contributed by atoms with Crippen molar-refractivity contribution >= 4 is 80.6 Å². The van der Waals surface area contributed by atoms with Crippen LogP contribution in [-0.2, 0) is 16.4 Å². The molecule has 33 nitrogen and oxygen atoms in total. The average molecular weight is 1680 g/mol. The number of sulfonamides is 1. The van der Waals surface area contributed by atoms with Crippen LogP contribution in [-0.4, -0.2) is 173 Å². The predicted molar refractivity (Wildman–Crippen MR) is 450 cm³/mol. The number of aryl methyl sites for hydroxylation is 5. The summed E-state index contributed by atoms with van der Waals surface area (Å²) in [4.78, 5) is 128. The highest BCUT2D eigenvalue weighted by molar-refractivity contribution is 7.89. The zero-order valence-corrected chi connectivity index (χ0v) is 68.2. The van der Waals surface area contributed by atoms with E-state index in [1.54, 1.807) is 132 Å². The fourth-order valence-corrected chi connectivity index (χ4v) is 14.7. The van der Waals surface area contributed by atoms with E-state index in [1.165, 1.54) is 47.0 Å².